The van der Waals surface area contributed by atoms with Crippen LogP contribution in [0.25, 0.3) is 32.2 Å². The van der Waals surface area contributed by atoms with Crippen LogP contribution in [-0.4, -0.2) is 9.97 Å². The fourth-order valence-corrected chi connectivity index (χ4v) is 3.86. The maximum absolute atomic E-state index is 15.2. The summed E-state index contributed by atoms with van der Waals surface area (Å²) in [7, 11) is 0. The number of anilines is 2. The molecule has 0 bridgehead atoms. The summed E-state index contributed by atoms with van der Waals surface area (Å²) in [6.07, 6.45) is 0. The standard InChI is InChI=1S/C17H8ClF2N5S/c18-9-4-6-3-7(5-21)16(22)24-13(6)12(20)11(9)8-1-2-10(19)15-14(8)25-17(23)26-15/h1-4H,(H2,22,24)(H2,23,25). The SMILES string of the molecule is N#Cc1cc2cc(Cl)c(-c3ccc(F)c4sc(N)nc34)c(F)c2nc1N. The molecule has 9 heteroatoms. The van der Waals surface area contributed by atoms with E-state index >= 15 is 4.39 Å². The van der Waals surface area contributed by atoms with Crippen molar-refractivity contribution in [1.82, 2.24) is 9.97 Å². The molecule has 0 aliphatic heterocycles. The first-order valence-corrected chi connectivity index (χ1v) is 8.43. The summed E-state index contributed by atoms with van der Waals surface area (Å²) < 4.78 is 29.5. The topological polar surface area (TPSA) is 102 Å². The predicted octanol–water partition coefficient (Wildman–Crippen LogP) is 4.48. The van der Waals surface area contributed by atoms with Gasteiger partial charge in [-0.15, -0.1) is 0 Å². The van der Waals surface area contributed by atoms with Crippen LogP contribution in [0.1, 0.15) is 5.56 Å². The van der Waals surface area contributed by atoms with Crippen LogP contribution in [0, 0.1) is 23.0 Å². The Labute approximate surface area is 154 Å². The highest BCUT2D eigenvalue weighted by atomic mass is 35.5. The molecule has 0 aliphatic rings. The fourth-order valence-electron chi connectivity index (χ4n) is 2.79. The molecule has 0 amide bonds. The minimum Gasteiger partial charge on any atom is -0.383 e. The van der Waals surface area contributed by atoms with Gasteiger partial charge >= 0.3 is 0 Å². The smallest absolute Gasteiger partial charge is 0.181 e. The molecule has 0 saturated carbocycles. The molecule has 2 aromatic heterocycles. The van der Waals surface area contributed by atoms with Crippen LogP contribution >= 0.6 is 22.9 Å². The fraction of sp³-hybridized carbons (Fsp3) is 0. The van der Waals surface area contributed by atoms with Crippen molar-refractivity contribution in [2.45, 2.75) is 0 Å². The van der Waals surface area contributed by atoms with Crippen LogP contribution in [0.2, 0.25) is 5.02 Å². The minimum absolute atomic E-state index is 0.0195. The number of aromatic nitrogens is 2. The van der Waals surface area contributed by atoms with E-state index in [0.717, 1.165) is 11.3 Å². The lowest BCUT2D eigenvalue weighted by Gasteiger charge is -2.11. The number of nitrogens with zero attached hydrogens (tertiary/aromatic N) is 3. The Morgan fingerprint density at radius 3 is 2.62 bits per heavy atom. The van der Waals surface area contributed by atoms with Gasteiger partial charge in [-0.05, 0) is 24.3 Å². The molecule has 4 aromatic rings. The molecule has 2 heterocycles. The second-order valence-electron chi connectivity index (χ2n) is 5.48. The molecular weight excluding hydrogens is 380 g/mol. The third kappa shape index (κ3) is 2.33. The van der Waals surface area contributed by atoms with E-state index < -0.39 is 11.6 Å². The van der Waals surface area contributed by atoms with Gasteiger partial charge in [0.1, 0.15) is 23.2 Å². The molecule has 0 saturated heterocycles. The van der Waals surface area contributed by atoms with Crippen molar-refractivity contribution in [2.75, 3.05) is 11.5 Å². The molecule has 0 unspecified atom stereocenters. The van der Waals surface area contributed by atoms with Gasteiger partial charge in [0.2, 0.25) is 0 Å². The van der Waals surface area contributed by atoms with Crippen LogP contribution in [0.3, 0.4) is 0 Å². The molecule has 128 valence electrons. The van der Waals surface area contributed by atoms with Crippen LogP contribution in [0.5, 0.6) is 0 Å². The van der Waals surface area contributed by atoms with Gasteiger partial charge in [-0.25, -0.2) is 18.7 Å². The molecule has 4 rings (SSSR count). The molecule has 0 aliphatic carbocycles. The summed E-state index contributed by atoms with van der Waals surface area (Å²) in [5.74, 6) is -1.33. The highest BCUT2D eigenvalue weighted by Crippen LogP contribution is 2.41. The highest BCUT2D eigenvalue weighted by Gasteiger charge is 2.21. The third-order valence-electron chi connectivity index (χ3n) is 3.93. The Bertz CT molecular complexity index is 1260. The van der Waals surface area contributed by atoms with Gasteiger partial charge < -0.3 is 11.5 Å². The van der Waals surface area contributed by atoms with Crippen molar-refractivity contribution in [1.29, 1.82) is 5.26 Å². The Morgan fingerprint density at radius 2 is 1.88 bits per heavy atom. The Morgan fingerprint density at radius 1 is 1.12 bits per heavy atom. The quantitative estimate of drug-likeness (QED) is 0.501. The first kappa shape index (κ1) is 16.4. The normalized spacial score (nSPS) is 11.2. The summed E-state index contributed by atoms with van der Waals surface area (Å²) >= 11 is 7.26. The lowest BCUT2D eigenvalue weighted by Crippen LogP contribution is -1.99. The first-order valence-electron chi connectivity index (χ1n) is 7.24. The molecule has 2 aromatic carbocycles. The van der Waals surface area contributed by atoms with E-state index in [9.17, 15) is 4.39 Å². The summed E-state index contributed by atoms with van der Waals surface area (Å²) in [6.45, 7) is 0. The van der Waals surface area contributed by atoms with Gasteiger partial charge in [0.15, 0.2) is 10.9 Å². The number of hydrogen-bond donors (Lipinski definition) is 2. The van der Waals surface area contributed by atoms with Gasteiger partial charge in [0.05, 0.1) is 20.8 Å². The molecule has 5 nitrogen and oxygen atoms in total. The van der Waals surface area contributed by atoms with E-state index in [-0.39, 0.29) is 42.8 Å². The average Bonchev–Trinajstić information content (AvgIpc) is 3.00. The maximum atomic E-state index is 15.2. The van der Waals surface area contributed by atoms with Crippen LogP contribution in [0.4, 0.5) is 19.7 Å². The Kier molecular flexibility index (Phi) is 3.64. The van der Waals surface area contributed by atoms with Crippen LogP contribution in [0.15, 0.2) is 24.3 Å². The number of pyridine rings is 1. The average molecular weight is 388 g/mol. The van der Waals surface area contributed by atoms with Crippen molar-refractivity contribution in [3.63, 3.8) is 0 Å². The molecule has 0 atom stereocenters. The highest BCUT2D eigenvalue weighted by molar-refractivity contribution is 7.22. The summed E-state index contributed by atoms with van der Waals surface area (Å²) in [5.41, 5.74) is 12.0. The second kappa shape index (κ2) is 5.76. The van der Waals surface area contributed by atoms with Crippen molar-refractivity contribution in [3.8, 4) is 17.2 Å². The predicted molar refractivity (Wildman–Crippen MR) is 98.8 cm³/mol. The summed E-state index contributed by atoms with van der Waals surface area (Å²) in [6, 6.07) is 7.38. The van der Waals surface area contributed by atoms with E-state index in [0.29, 0.717) is 10.9 Å². The zero-order valence-electron chi connectivity index (χ0n) is 12.8. The zero-order chi connectivity index (χ0) is 18.6. The number of fused-ring (bicyclic) bond motifs is 2. The van der Waals surface area contributed by atoms with E-state index in [1.54, 1.807) is 0 Å². The first-order chi connectivity index (χ1) is 12.4. The van der Waals surface area contributed by atoms with E-state index in [1.165, 1.54) is 24.3 Å². The molecule has 0 fully saturated rings. The number of nitriles is 1. The maximum Gasteiger partial charge on any atom is 0.181 e. The molecule has 26 heavy (non-hydrogen) atoms. The number of halogens is 3. The van der Waals surface area contributed by atoms with Crippen LogP contribution in [-0.2, 0) is 0 Å². The Hall–Kier alpha value is -3.02. The van der Waals surface area contributed by atoms with Gasteiger partial charge in [-0.3, -0.25) is 0 Å². The van der Waals surface area contributed by atoms with Gasteiger partial charge in [0.25, 0.3) is 0 Å². The van der Waals surface area contributed by atoms with Crippen molar-refractivity contribution in [3.05, 3.63) is 46.5 Å². The van der Waals surface area contributed by atoms with E-state index in [2.05, 4.69) is 9.97 Å². The summed E-state index contributed by atoms with van der Waals surface area (Å²) in [5, 5.41) is 9.61. The molecule has 4 N–H and O–H groups in total. The van der Waals surface area contributed by atoms with E-state index in [4.69, 9.17) is 28.3 Å². The summed E-state index contributed by atoms with van der Waals surface area (Å²) in [4.78, 5) is 8.08. The number of nitrogen functional groups attached to an aromatic ring is 2. The molecular formula is C17H8ClF2N5S. The molecule has 0 radical (unpaired) electrons. The third-order valence-corrected chi connectivity index (χ3v) is 5.12. The van der Waals surface area contributed by atoms with Crippen molar-refractivity contribution >= 4 is 55.0 Å². The van der Waals surface area contributed by atoms with E-state index in [1.807, 2.05) is 6.07 Å². The number of hydrogen-bond acceptors (Lipinski definition) is 6. The number of nitrogens with two attached hydrogens (primary N) is 2. The minimum atomic E-state index is -0.733. The van der Waals surface area contributed by atoms with Crippen LogP contribution < -0.4 is 11.5 Å². The number of thiazole rings is 1. The van der Waals surface area contributed by atoms with Gasteiger partial charge in [0, 0.05) is 16.5 Å². The lowest BCUT2D eigenvalue weighted by molar-refractivity contribution is 0.638. The number of benzene rings is 2. The van der Waals surface area contributed by atoms with Crippen molar-refractivity contribution < 1.29 is 8.78 Å². The van der Waals surface area contributed by atoms with Gasteiger partial charge in [-0.2, -0.15) is 5.26 Å². The second-order valence-corrected chi connectivity index (χ2v) is 6.91. The van der Waals surface area contributed by atoms with Gasteiger partial charge in [-0.1, -0.05) is 22.9 Å². The Balaban J connectivity index is 2.10. The largest absolute Gasteiger partial charge is 0.383 e. The zero-order valence-corrected chi connectivity index (χ0v) is 14.4. The lowest BCUT2D eigenvalue weighted by atomic mass is 10.0. The number of rotatable bonds is 1. The monoisotopic (exact) mass is 387 g/mol. The van der Waals surface area contributed by atoms with Crippen molar-refractivity contribution in [2.24, 2.45) is 0 Å². The molecule has 0 spiro atoms.